The van der Waals surface area contributed by atoms with E-state index in [0.717, 1.165) is 16.2 Å². The number of ether oxygens (including phenoxy) is 1. The molecule has 0 radical (unpaired) electrons. The number of benzene rings is 2. The number of hydroxylamine groups is 2. The van der Waals surface area contributed by atoms with Crippen LogP contribution in [0.4, 0.5) is 4.79 Å². The van der Waals surface area contributed by atoms with Crippen molar-refractivity contribution in [3.8, 4) is 0 Å². The molecule has 2 atom stereocenters. The van der Waals surface area contributed by atoms with E-state index in [2.05, 4.69) is 10.6 Å². The smallest absolute Gasteiger partial charge is 0.408 e. The van der Waals surface area contributed by atoms with Crippen LogP contribution in [0.1, 0.15) is 31.9 Å². The third kappa shape index (κ3) is 6.81. The van der Waals surface area contributed by atoms with Crippen LogP contribution in [-0.4, -0.2) is 47.2 Å². The van der Waals surface area contributed by atoms with E-state index in [-0.39, 0.29) is 19.1 Å². The van der Waals surface area contributed by atoms with Gasteiger partial charge in [0.2, 0.25) is 5.91 Å². The van der Waals surface area contributed by atoms with Gasteiger partial charge in [0, 0.05) is 6.42 Å². The van der Waals surface area contributed by atoms with Gasteiger partial charge in [0.25, 0.3) is 5.91 Å². The Labute approximate surface area is 187 Å². The summed E-state index contributed by atoms with van der Waals surface area (Å²) in [7, 11) is 0. The maximum atomic E-state index is 13.2. The highest BCUT2D eigenvalue weighted by molar-refractivity contribution is 5.93. The van der Waals surface area contributed by atoms with E-state index >= 15 is 0 Å². The molecule has 32 heavy (non-hydrogen) atoms. The summed E-state index contributed by atoms with van der Waals surface area (Å²) in [4.78, 5) is 44.1. The van der Waals surface area contributed by atoms with Crippen molar-refractivity contribution in [2.24, 2.45) is 0 Å². The van der Waals surface area contributed by atoms with Crippen LogP contribution >= 0.6 is 0 Å². The SMILES string of the molecule is CC(C)(C)OC(=O)N[C@H]1CN(OCc2ccccc2)C(=O)[C@H](Cc2ccccc2)NC1=O. The summed E-state index contributed by atoms with van der Waals surface area (Å²) in [5, 5.41) is 6.45. The summed E-state index contributed by atoms with van der Waals surface area (Å²) < 4.78 is 5.27. The fraction of sp³-hybridized carbons (Fsp3) is 0.375. The first-order valence-electron chi connectivity index (χ1n) is 10.5. The lowest BCUT2D eigenvalue weighted by Crippen LogP contribution is -2.51. The van der Waals surface area contributed by atoms with Crippen LogP contribution in [0.2, 0.25) is 0 Å². The Morgan fingerprint density at radius 1 is 1.03 bits per heavy atom. The summed E-state index contributed by atoms with van der Waals surface area (Å²) in [5.74, 6) is -0.859. The Balaban J connectivity index is 1.77. The van der Waals surface area contributed by atoms with Crippen molar-refractivity contribution in [3.63, 3.8) is 0 Å². The van der Waals surface area contributed by atoms with Gasteiger partial charge in [-0.15, -0.1) is 0 Å². The third-order valence-electron chi connectivity index (χ3n) is 4.73. The predicted octanol–water partition coefficient (Wildman–Crippen LogP) is 2.58. The van der Waals surface area contributed by atoms with Crippen LogP contribution in [0.3, 0.4) is 0 Å². The highest BCUT2D eigenvalue weighted by Gasteiger charge is 2.37. The zero-order valence-electron chi connectivity index (χ0n) is 18.5. The van der Waals surface area contributed by atoms with Gasteiger partial charge < -0.3 is 15.4 Å². The minimum Gasteiger partial charge on any atom is -0.444 e. The summed E-state index contributed by atoms with van der Waals surface area (Å²) in [6, 6.07) is 16.9. The second kappa shape index (κ2) is 10.3. The molecule has 170 valence electrons. The molecule has 1 saturated heterocycles. The number of nitrogens with zero attached hydrogens (tertiary/aromatic N) is 1. The summed E-state index contributed by atoms with van der Waals surface area (Å²) in [6.07, 6.45) is -0.440. The van der Waals surface area contributed by atoms with Crippen molar-refractivity contribution in [3.05, 3.63) is 71.8 Å². The van der Waals surface area contributed by atoms with Gasteiger partial charge in [0.1, 0.15) is 24.3 Å². The second-order valence-corrected chi connectivity index (χ2v) is 8.61. The number of hydrogen-bond acceptors (Lipinski definition) is 5. The molecule has 0 spiro atoms. The summed E-state index contributed by atoms with van der Waals surface area (Å²) in [5.41, 5.74) is 1.05. The van der Waals surface area contributed by atoms with Gasteiger partial charge in [-0.3, -0.25) is 14.4 Å². The maximum Gasteiger partial charge on any atom is 0.408 e. The molecule has 0 aromatic heterocycles. The molecular formula is C24H29N3O5. The highest BCUT2D eigenvalue weighted by atomic mass is 16.7. The van der Waals surface area contributed by atoms with E-state index in [1.54, 1.807) is 20.8 Å². The normalized spacial score (nSPS) is 19.2. The van der Waals surface area contributed by atoms with Crippen molar-refractivity contribution < 1.29 is 24.0 Å². The van der Waals surface area contributed by atoms with Crippen LogP contribution in [0, 0.1) is 0 Å². The fourth-order valence-electron chi connectivity index (χ4n) is 3.24. The van der Waals surface area contributed by atoms with Crippen molar-refractivity contribution in [1.29, 1.82) is 0 Å². The van der Waals surface area contributed by atoms with Gasteiger partial charge in [-0.25, -0.2) is 9.86 Å². The molecule has 0 unspecified atom stereocenters. The Morgan fingerprint density at radius 2 is 1.62 bits per heavy atom. The van der Waals surface area contributed by atoms with Gasteiger partial charge in [0.05, 0.1) is 6.54 Å². The molecule has 2 N–H and O–H groups in total. The number of nitrogens with one attached hydrogen (secondary N) is 2. The van der Waals surface area contributed by atoms with E-state index in [1.807, 2.05) is 60.7 Å². The standard InChI is InChI=1S/C24H29N3O5/c1-24(2,3)32-23(30)26-20-15-27(31-16-18-12-8-5-9-13-18)22(29)19(25-21(20)28)14-17-10-6-4-7-11-17/h4-13,19-20H,14-16H2,1-3H3,(H,25,28)(H,26,30)/t19-,20-/m0/s1. The third-order valence-corrected chi connectivity index (χ3v) is 4.73. The van der Waals surface area contributed by atoms with Gasteiger partial charge in [-0.05, 0) is 31.9 Å². The topological polar surface area (TPSA) is 97.0 Å². The first-order chi connectivity index (χ1) is 15.2. The van der Waals surface area contributed by atoms with Crippen molar-refractivity contribution in [2.75, 3.05) is 6.54 Å². The minimum absolute atomic E-state index is 0.137. The van der Waals surface area contributed by atoms with E-state index in [0.29, 0.717) is 6.42 Å². The maximum absolute atomic E-state index is 13.2. The molecular weight excluding hydrogens is 410 g/mol. The van der Waals surface area contributed by atoms with Crippen LogP contribution in [0.25, 0.3) is 0 Å². The number of amides is 3. The number of hydrogen-bond donors (Lipinski definition) is 2. The fourth-order valence-corrected chi connectivity index (χ4v) is 3.24. The Kier molecular flexibility index (Phi) is 7.48. The number of rotatable bonds is 6. The molecule has 3 rings (SSSR count). The van der Waals surface area contributed by atoms with Crippen molar-refractivity contribution in [2.45, 2.75) is 51.5 Å². The van der Waals surface area contributed by atoms with Crippen molar-refractivity contribution in [1.82, 2.24) is 15.7 Å². The van der Waals surface area contributed by atoms with Crippen LogP contribution < -0.4 is 10.6 Å². The number of alkyl carbamates (subject to hydrolysis) is 1. The second-order valence-electron chi connectivity index (χ2n) is 8.61. The lowest BCUT2D eigenvalue weighted by atomic mass is 10.1. The van der Waals surface area contributed by atoms with Crippen LogP contribution in [0.5, 0.6) is 0 Å². The number of carbonyl (C=O) groups excluding carboxylic acids is 3. The van der Waals surface area contributed by atoms with Crippen molar-refractivity contribution >= 4 is 17.9 Å². The Hall–Kier alpha value is -3.39. The Morgan fingerprint density at radius 3 is 2.22 bits per heavy atom. The van der Waals surface area contributed by atoms with Crippen LogP contribution in [-0.2, 0) is 32.2 Å². The molecule has 3 amide bonds. The lowest BCUT2D eigenvalue weighted by molar-refractivity contribution is -0.193. The molecule has 2 aromatic carbocycles. The molecule has 1 heterocycles. The predicted molar refractivity (Wildman–Crippen MR) is 118 cm³/mol. The average Bonchev–Trinajstić information content (AvgIpc) is 2.84. The van der Waals surface area contributed by atoms with E-state index in [1.165, 1.54) is 0 Å². The monoisotopic (exact) mass is 439 g/mol. The zero-order chi connectivity index (χ0) is 23.1. The zero-order valence-corrected chi connectivity index (χ0v) is 18.5. The minimum atomic E-state index is -1.02. The summed E-state index contributed by atoms with van der Waals surface area (Å²) >= 11 is 0. The Bertz CT molecular complexity index is 928. The largest absolute Gasteiger partial charge is 0.444 e. The van der Waals surface area contributed by atoms with Gasteiger partial charge in [0.15, 0.2) is 0 Å². The lowest BCUT2D eigenvalue weighted by Gasteiger charge is -2.25. The number of carbonyl (C=O) groups is 3. The van der Waals surface area contributed by atoms with Crippen LogP contribution in [0.15, 0.2) is 60.7 Å². The first kappa shape index (κ1) is 23.3. The molecule has 0 bridgehead atoms. The molecule has 8 nitrogen and oxygen atoms in total. The molecule has 1 fully saturated rings. The highest BCUT2D eigenvalue weighted by Crippen LogP contribution is 2.14. The molecule has 8 heteroatoms. The average molecular weight is 440 g/mol. The van der Waals surface area contributed by atoms with Gasteiger partial charge in [-0.1, -0.05) is 60.7 Å². The molecule has 1 aliphatic heterocycles. The van der Waals surface area contributed by atoms with Gasteiger partial charge >= 0.3 is 6.09 Å². The summed E-state index contributed by atoms with van der Waals surface area (Å²) in [6.45, 7) is 5.21. The van der Waals surface area contributed by atoms with E-state index < -0.39 is 29.7 Å². The quantitative estimate of drug-likeness (QED) is 0.721. The molecule has 0 aliphatic carbocycles. The molecule has 0 saturated carbocycles. The van der Waals surface area contributed by atoms with Gasteiger partial charge in [-0.2, -0.15) is 0 Å². The first-order valence-corrected chi connectivity index (χ1v) is 10.5. The van der Waals surface area contributed by atoms with E-state index in [9.17, 15) is 14.4 Å². The van der Waals surface area contributed by atoms with E-state index in [4.69, 9.17) is 9.57 Å². The molecule has 1 aliphatic rings. The molecule has 2 aromatic rings.